The SMILES string of the molecule is CCC(=O)C[C@@H]1C[C@@]1(O)CC. The molecule has 0 bridgehead atoms. The molecule has 0 aromatic carbocycles. The lowest BCUT2D eigenvalue weighted by atomic mass is 10.1. The van der Waals surface area contributed by atoms with E-state index in [0.29, 0.717) is 12.8 Å². The van der Waals surface area contributed by atoms with Crippen molar-refractivity contribution in [2.75, 3.05) is 0 Å². The number of hydrogen-bond acceptors (Lipinski definition) is 2. The van der Waals surface area contributed by atoms with Gasteiger partial charge in [-0.3, -0.25) is 4.79 Å². The minimum atomic E-state index is -0.481. The van der Waals surface area contributed by atoms with E-state index in [0.717, 1.165) is 12.8 Å². The van der Waals surface area contributed by atoms with E-state index < -0.39 is 5.60 Å². The third-order valence-corrected chi connectivity index (χ3v) is 2.68. The second kappa shape index (κ2) is 2.94. The fourth-order valence-corrected chi connectivity index (χ4v) is 1.48. The quantitative estimate of drug-likeness (QED) is 0.670. The smallest absolute Gasteiger partial charge is 0.133 e. The van der Waals surface area contributed by atoms with Crippen molar-refractivity contribution < 1.29 is 9.90 Å². The van der Waals surface area contributed by atoms with Crippen molar-refractivity contribution in [3.05, 3.63) is 0 Å². The standard InChI is InChI=1S/C9H16O2/c1-3-8(10)5-7-6-9(7,11)4-2/h7,11H,3-6H2,1-2H3/t7-,9+/m1/s1. The number of Topliss-reactive ketones (excluding diaryl/α,β-unsaturated/α-hetero) is 1. The Kier molecular flexibility index (Phi) is 2.33. The summed E-state index contributed by atoms with van der Waals surface area (Å²) in [4.78, 5) is 11.0. The largest absolute Gasteiger partial charge is 0.390 e. The molecule has 1 saturated carbocycles. The molecule has 1 fully saturated rings. The highest BCUT2D eigenvalue weighted by atomic mass is 16.3. The molecule has 2 heteroatoms. The number of carbonyl (C=O) groups is 1. The predicted octanol–water partition coefficient (Wildman–Crippen LogP) is 1.52. The van der Waals surface area contributed by atoms with E-state index >= 15 is 0 Å². The average molecular weight is 156 g/mol. The fourth-order valence-electron chi connectivity index (χ4n) is 1.48. The average Bonchev–Trinajstić information content (AvgIpc) is 2.63. The summed E-state index contributed by atoms with van der Waals surface area (Å²) in [6.45, 7) is 3.84. The van der Waals surface area contributed by atoms with Gasteiger partial charge in [-0.2, -0.15) is 0 Å². The van der Waals surface area contributed by atoms with Gasteiger partial charge >= 0.3 is 0 Å². The molecule has 1 aliphatic rings. The molecule has 0 aromatic heterocycles. The summed E-state index contributed by atoms with van der Waals surface area (Å²) in [5, 5.41) is 9.59. The van der Waals surface area contributed by atoms with Gasteiger partial charge in [-0.05, 0) is 18.8 Å². The molecule has 0 amide bonds. The zero-order valence-corrected chi connectivity index (χ0v) is 7.26. The highest BCUT2D eigenvalue weighted by Crippen LogP contribution is 2.48. The Labute approximate surface area is 67.6 Å². The summed E-state index contributed by atoms with van der Waals surface area (Å²) in [7, 11) is 0. The van der Waals surface area contributed by atoms with E-state index in [1.807, 2.05) is 13.8 Å². The Morgan fingerprint density at radius 2 is 2.27 bits per heavy atom. The number of carbonyl (C=O) groups excluding carboxylic acids is 1. The van der Waals surface area contributed by atoms with Crippen LogP contribution in [0.1, 0.15) is 39.5 Å². The van der Waals surface area contributed by atoms with Crippen molar-refractivity contribution in [2.24, 2.45) is 5.92 Å². The molecule has 0 aliphatic heterocycles. The summed E-state index contributed by atoms with van der Waals surface area (Å²) >= 11 is 0. The lowest BCUT2D eigenvalue weighted by molar-refractivity contribution is -0.119. The minimum Gasteiger partial charge on any atom is -0.390 e. The van der Waals surface area contributed by atoms with Gasteiger partial charge < -0.3 is 5.11 Å². The Bertz CT molecular complexity index is 165. The second-order valence-corrected chi connectivity index (χ2v) is 3.45. The summed E-state index contributed by atoms with van der Waals surface area (Å²) in [5.41, 5.74) is -0.481. The Balaban J connectivity index is 2.28. The van der Waals surface area contributed by atoms with Crippen LogP contribution in [0.25, 0.3) is 0 Å². The van der Waals surface area contributed by atoms with Crippen molar-refractivity contribution in [3.63, 3.8) is 0 Å². The Morgan fingerprint density at radius 1 is 1.64 bits per heavy atom. The van der Waals surface area contributed by atoms with Gasteiger partial charge in [0.15, 0.2) is 0 Å². The maximum Gasteiger partial charge on any atom is 0.133 e. The van der Waals surface area contributed by atoms with Crippen LogP contribution in [0.15, 0.2) is 0 Å². The molecule has 0 spiro atoms. The molecule has 0 radical (unpaired) electrons. The van der Waals surface area contributed by atoms with Gasteiger partial charge in [-0.25, -0.2) is 0 Å². The van der Waals surface area contributed by atoms with Gasteiger partial charge in [-0.1, -0.05) is 13.8 Å². The topological polar surface area (TPSA) is 37.3 Å². The molecule has 0 heterocycles. The Morgan fingerprint density at radius 3 is 2.64 bits per heavy atom. The molecule has 0 aromatic rings. The monoisotopic (exact) mass is 156 g/mol. The zero-order valence-electron chi connectivity index (χ0n) is 7.26. The van der Waals surface area contributed by atoms with Gasteiger partial charge in [0.05, 0.1) is 5.60 Å². The van der Waals surface area contributed by atoms with Crippen LogP contribution >= 0.6 is 0 Å². The third kappa shape index (κ3) is 1.80. The molecular formula is C9H16O2. The summed E-state index contributed by atoms with van der Waals surface area (Å²) in [5.74, 6) is 0.541. The molecule has 0 saturated heterocycles. The maximum atomic E-state index is 11.0. The van der Waals surface area contributed by atoms with Gasteiger partial charge in [0.2, 0.25) is 0 Å². The predicted molar refractivity (Wildman–Crippen MR) is 43.3 cm³/mol. The molecular weight excluding hydrogens is 140 g/mol. The van der Waals surface area contributed by atoms with Crippen molar-refractivity contribution in [3.8, 4) is 0 Å². The van der Waals surface area contributed by atoms with E-state index in [9.17, 15) is 9.90 Å². The van der Waals surface area contributed by atoms with Crippen LogP contribution in [-0.2, 0) is 4.79 Å². The molecule has 2 atom stereocenters. The molecule has 1 aliphatic carbocycles. The van der Waals surface area contributed by atoms with Crippen LogP contribution < -0.4 is 0 Å². The van der Waals surface area contributed by atoms with Crippen LogP contribution in [0.3, 0.4) is 0 Å². The van der Waals surface area contributed by atoms with Crippen molar-refractivity contribution in [2.45, 2.75) is 45.1 Å². The zero-order chi connectivity index (χ0) is 8.48. The van der Waals surface area contributed by atoms with Crippen LogP contribution in [0.5, 0.6) is 0 Å². The minimum absolute atomic E-state index is 0.264. The number of aliphatic hydroxyl groups is 1. The van der Waals surface area contributed by atoms with Crippen LogP contribution in [0.4, 0.5) is 0 Å². The van der Waals surface area contributed by atoms with E-state index in [-0.39, 0.29) is 11.7 Å². The summed E-state index contributed by atoms with van der Waals surface area (Å²) in [6, 6.07) is 0. The summed E-state index contributed by atoms with van der Waals surface area (Å²) < 4.78 is 0. The van der Waals surface area contributed by atoms with E-state index in [2.05, 4.69) is 0 Å². The number of hydrogen-bond donors (Lipinski definition) is 1. The highest BCUT2D eigenvalue weighted by molar-refractivity contribution is 5.78. The van der Waals surface area contributed by atoms with Crippen LogP contribution in [0, 0.1) is 5.92 Å². The van der Waals surface area contributed by atoms with Crippen molar-refractivity contribution in [1.82, 2.24) is 0 Å². The van der Waals surface area contributed by atoms with E-state index in [1.54, 1.807) is 0 Å². The fraction of sp³-hybridized carbons (Fsp3) is 0.889. The molecule has 2 nitrogen and oxygen atoms in total. The molecule has 1 rings (SSSR count). The highest BCUT2D eigenvalue weighted by Gasteiger charge is 2.51. The van der Waals surface area contributed by atoms with Crippen molar-refractivity contribution in [1.29, 1.82) is 0 Å². The van der Waals surface area contributed by atoms with Crippen molar-refractivity contribution >= 4 is 5.78 Å². The lowest BCUT2D eigenvalue weighted by Gasteiger charge is -2.04. The Hall–Kier alpha value is -0.370. The third-order valence-electron chi connectivity index (χ3n) is 2.68. The maximum absolute atomic E-state index is 11.0. The molecule has 1 N–H and O–H groups in total. The van der Waals surface area contributed by atoms with E-state index in [4.69, 9.17) is 0 Å². The normalized spacial score (nSPS) is 35.4. The first-order valence-electron chi connectivity index (χ1n) is 4.36. The summed E-state index contributed by atoms with van der Waals surface area (Å²) in [6.07, 6.45) is 2.81. The van der Waals surface area contributed by atoms with Crippen LogP contribution in [0.2, 0.25) is 0 Å². The first-order valence-corrected chi connectivity index (χ1v) is 4.36. The molecule has 11 heavy (non-hydrogen) atoms. The van der Waals surface area contributed by atoms with Gasteiger partial charge in [0, 0.05) is 12.8 Å². The molecule has 0 unspecified atom stereocenters. The van der Waals surface area contributed by atoms with Gasteiger partial charge in [0.1, 0.15) is 5.78 Å². The lowest BCUT2D eigenvalue weighted by Crippen LogP contribution is -2.11. The van der Waals surface area contributed by atoms with Gasteiger partial charge in [0.25, 0.3) is 0 Å². The number of rotatable bonds is 4. The van der Waals surface area contributed by atoms with Gasteiger partial charge in [-0.15, -0.1) is 0 Å². The number of ketones is 1. The second-order valence-electron chi connectivity index (χ2n) is 3.45. The first kappa shape index (κ1) is 8.72. The van der Waals surface area contributed by atoms with Crippen LogP contribution in [-0.4, -0.2) is 16.5 Å². The molecule has 64 valence electrons. The van der Waals surface area contributed by atoms with E-state index in [1.165, 1.54) is 0 Å². The first-order chi connectivity index (χ1) is 5.12.